The molecule has 6 heteroatoms. The molecule has 1 aliphatic carbocycles. The highest BCUT2D eigenvalue weighted by Crippen LogP contribution is 2.29. The Labute approximate surface area is 149 Å². The maximum atomic E-state index is 12.3. The molecule has 1 aromatic carbocycles. The molecule has 2 amide bonds. The van der Waals surface area contributed by atoms with Crippen LogP contribution in [0.5, 0.6) is 0 Å². The van der Waals surface area contributed by atoms with Crippen LogP contribution in [0.4, 0.5) is 5.69 Å². The Hall–Kier alpha value is -1.59. The molecular formula is C18H26ClN3O2. The molecule has 0 spiro atoms. The van der Waals surface area contributed by atoms with Crippen LogP contribution < -0.4 is 16.0 Å². The van der Waals surface area contributed by atoms with Crippen molar-refractivity contribution in [3.8, 4) is 0 Å². The van der Waals surface area contributed by atoms with Crippen LogP contribution >= 0.6 is 12.4 Å². The SMILES string of the molecule is Cl.NCC1(NC(=O)CCN2C(=O)CCc3ccccc32)CCCC1. The van der Waals surface area contributed by atoms with Gasteiger partial charge in [-0.25, -0.2) is 0 Å². The Bertz CT molecular complexity index is 600. The number of hydrogen-bond donors (Lipinski definition) is 2. The van der Waals surface area contributed by atoms with Crippen LogP contribution in [-0.4, -0.2) is 30.4 Å². The zero-order valence-electron chi connectivity index (χ0n) is 13.9. The summed E-state index contributed by atoms with van der Waals surface area (Å²) in [5.41, 5.74) is 7.77. The lowest BCUT2D eigenvalue weighted by Crippen LogP contribution is -2.52. The van der Waals surface area contributed by atoms with Gasteiger partial charge in [0, 0.05) is 31.6 Å². The predicted octanol–water partition coefficient (Wildman–Crippen LogP) is 2.17. The monoisotopic (exact) mass is 351 g/mol. The third-order valence-electron chi connectivity index (χ3n) is 5.11. The fourth-order valence-electron chi connectivity index (χ4n) is 3.75. The number of halogens is 1. The summed E-state index contributed by atoms with van der Waals surface area (Å²) in [5.74, 6) is 0.0964. The molecule has 1 fully saturated rings. The summed E-state index contributed by atoms with van der Waals surface area (Å²) < 4.78 is 0. The van der Waals surface area contributed by atoms with Crippen LogP contribution in [0.3, 0.4) is 0 Å². The van der Waals surface area contributed by atoms with Gasteiger partial charge in [-0.05, 0) is 30.9 Å². The van der Waals surface area contributed by atoms with Crippen molar-refractivity contribution in [3.05, 3.63) is 29.8 Å². The smallest absolute Gasteiger partial charge is 0.227 e. The van der Waals surface area contributed by atoms with Crippen molar-refractivity contribution in [2.75, 3.05) is 18.0 Å². The zero-order valence-corrected chi connectivity index (χ0v) is 14.7. The standard InChI is InChI=1S/C18H25N3O2.ClH/c19-13-18(10-3-4-11-18)20-16(22)9-12-21-15-6-2-1-5-14(15)7-8-17(21)23;/h1-2,5-6H,3-4,7-13,19H2,(H,20,22);1H. The average Bonchev–Trinajstić information content (AvgIpc) is 3.03. The van der Waals surface area contributed by atoms with E-state index in [0.29, 0.717) is 25.9 Å². The summed E-state index contributed by atoms with van der Waals surface area (Å²) in [7, 11) is 0. The molecule has 3 N–H and O–H groups in total. The zero-order chi connectivity index (χ0) is 16.3. The Morgan fingerprint density at radius 1 is 1.21 bits per heavy atom. The van der Waals surface area contributed by atoms with Gasteiger partial charge < -0.3 is 16.0 Å². The van der Waals surface area contributed by atoms with Crippen LogP contribution in [0.25, 0.3) is 0 Å². The highest BCUT2D eigenvalue weighted by molar-refractivity contribution is 5.97. The van der Waals surface area contributed by atoms with E-state index in [2.05, 4.69) is 11.4 Å². The highest BCUT2D eigenvalue weighted by atomic mass is 35.5. The molecule has 5 nitrogen and oxygen atoms in total. The van der Waals surface area contributed by atoms with E-state index in [1.165, 1.54) is 5.56 Å². The van der Waals surface area contributed by atoms with E-state index in [-0.39, 0.29) is 29.8 Å². The number of carbonyl (C=O) groups is 2. The largest absolute Gasteiger partial charge is 0.349 e. The van der Waals surface area contributed by atoms with Gasteiger partial charge in [-0.3, -0.25) is 9.59 Å². The molecular weight excluding hydrogens is 326 g/mol. The number of carbonyl (C=O) groups excluding carboxylic acids is 2. The summed E-state index contributed by atoms with van der Waals surface area (Å²) in [6, 6.07) is 7.94. The number of rotatable bonds is 5. The molecule has 0 atom stereocenters. The van der Waals surface area contributed by atoms with Gasteiger partial charge in [0.2, 0.25) is 11.8 Å². The van der Waals surface area contributed by atoms with Gasteiger partial charge in [0.1, 0.15) is 0 Å². The number of hydrogen-bond acceptors (Lipinski definition) is 3. The quantitative estimate of drug-likeness (QED) is 0.853. The van der Waals surface area contributed by atoms with Gasteiger partial charge in [-0.1, -0.05) is 31.0 Å². The highest BCUT2D eigenvalue weighted by Gasteiger charge is 2.34. The molecule has 0 saturated heterocycles. The number of nitrogens with one attached hydrogen (secondary N) is 1. The van der Waals surface area contributed by atoms with Crippen LogP contribution in [0, 0.1) is 0 Å². The molecule has 24 heavy (non-hydrogen) atoms. The van der Waals surface area contributed by atoms with Crippen molar-refractivity contribution in [1.82, 2.24) is 5.32 Å². The maximum absolute atomic E-state index is 12.3. The van der Waals surface area contributed by atoms with Crippen molar-refractivity contribution < 1.29 is 9.59 Å². The average molecular weight is 352 g/mol. The van der Waals surface area contributed by atoms with E-state index >= 15 is 0 Å². The van der Waals surface area contributed by atoms with E-state index in [0.717, 1.165) is 37.8 Å². The Balaban J connectivity index is 0.00000208. The molecule has 1 saturated carbocycles. The Morgan fingerprint density at radius 2 is 1.92 bits per heavy atom. The molecule has 1 heterocycles. The first kappa shape index (κ1) is 18.7. The number of benzene rings is 1. The van der Waals surface area contributed by atoms with Crippen molar-refractivity contribution in [2.45, 2.75) is 50.5 Å². The van der Waals surface area contributed by atoms with Crippen LogP contribution in [0.15, 0.2) is 24.3 Å². The molecule has 0 radical (unpaired) electrons. The lowest BCUT2D eigenvalue weighted by atomic mass is 9.97. The van der Waals surface area contributed by atoms with Crippen LogP contribution in [0.1, 0.15) is 44.1 Å². The van der Waals surface area contributed by atoms with Crippen LogP contribution in [0.2, 0.25) is 0 Å². The van der Waals surface area contributed by atoms with Gasteiger partial charge >= 0.3 is 0 Å². The molecule has 132 valence electrons. The summed E-state index contributed by atoms with van der Waals surface area (Å²) in [6.45, 7) is 0.923. The van der Waals surface area contributed by atoms with Crippen molar-refractivity contribution in [3.63, 3.8) is 0 Å². The second-order valence-electron chi connectivity index (χ2n) is 6.66. The number of para-hydroxylation sites is 1. The fraction of sp³-hybridized carbons (Fsp3) is 0.556. The van der Waals surface area contributed by atoms with E-state index in [1.807, 2.05) is 18.2 Å². The number of nitrogens with two attached hydrogens (primary N) is 1. The van der Waals surface area contributed by atoms with E-state index in [9.17, 15) is 9.59 Å². The topological polar surface area (TPSA) is 75.4 Å². The maximum Gasteiger partial charge on any atom is 0.227 e. The lowest BCUT2D eigenvalue weighted by Gasteiger charge is -2.31. The van der Waals surface area contributed by atoms with Gasteiger partial charge in [0.05, 0.1) is 5.54 Å². The molecule has 1 aliphatic heterocycles. The molecule has 0 unspecified atom stereocenters. The Kier molecular flexibility index (Phi) is 6.24. The van der Waals surface area contributed by atoms with Crippen molar-refractivity contribution in [1.29, 1.82) is 0 Å². The summed E-state index contributed by atoms with van der Waals surface area (Å²) in [5, 5.41) is 3.12. The predicted molar refractivity (Wildman–Crippen MR) is 97.4 cm³/mol. The Morgan fingerprint density at radius 3 is 2.62 bits per heavy atom. The second-order valence-corrected chi connectivity index (χ2v) is 6.66. The first-order valence-corrected chi connectivity index (χ1v) is 8.53. The van der Waals surface area contributed by atoms with Gasteiger partial charge in [0.25, 0.3) is 0 Å². The third-order valence-corrected chi connectivity index (χ3v) is 5.11. The third kappa shape index (κ3) is 3.90. The minimum absolute atomic E-state index is 0. The van der Waals surface area contributed by atoms with Crippen molar-refractivity contribution >= 4 is 29.9 Å². The second kappa shape index (κ2) is 7.99. The number of nitrogens with zero attached hydrogens (tertiary/aromatic N) is 1. The molecule has 2 aliphatic rings. The number of fused-ring (bicyclic) bond motifs is 1. The normalized spacial score (nSPS) is 18.7. The fourth-order valence-corrected chi connectivity index (χ4v) is 3.75. The number of anilines is 1. The van der Waals surface area contributed by atoms with Gasteiger partial charge in [0.15, 0.2) is 0 Å². The van der Waals surface area contributed by atoms with Crippen molar-refractivity contribution in [2.24, 2.45) is 5.73 Å². The summed E-state index contributed by atoms with van der Waals surface area (Å²) in [6.07, 6.45) is 5.79. The van der Waals surface area contributed by atoms with Gasteiger partial charge in [-0.15, -0.1) is 12.4 Å². The van der Waals surface area contributed by atoms with E-state index in [1.54, 1.807) is 4.90 Å². The number of amides is 2. The van der Waals surface area contributed by atoms with E-state index in [4.69, 9.17) is 5.73 Å². The molecule has 1 aromatic rings. The first-order chi connectivity index (χ1) is 11.1. The lowest BCUT2D eigenvalue weighted by molar-refractivity contribution is -0.122. The minimum Gasteiger partial charge on any atom is -0.349 e. The summed E-state index contributed by atoms with van der Waals surface area (Å²) in [4.78, 5) is 26.3. The summed E-state index contributed by atoms with van der Waals surface area (Å²) >= 11 is 0. The number of aryl methyl sites for hydroxylation is 1. The molecule has 3 rings (SSSR count). The van der Waals surface area contributed by atoms with Crippen LogP contribution in [-0.2, 0) is 16.0 Å². The van der Waals surface area contributed by atoms with E-state index < -0.39 is 0 Å². The van der Waals surface area contributed by atoms with Gasteiger partial charge in [-0.2, -0.15) is 0 Å². The first-order valence-electron chi connectivity index (χ1n) is 8.53. The molecule has 0 bridgehead atoms. The molecule has 0 aromatic heterocycles. The minimum atomic E-state index is -0.221.